The third-order valence-electron chi connectivity index (χ3n) is 3.46. The Hall–Kier alpha value is -1.79. The van der Waals surface area contributed by atoms with Gasteiger partial charge in [0.05, 0.1) is 24.8 Å². The highest BCUT2D eigenvalue weighted by molar-refractivity contribution is 5.98. The number of nitrogens with two attached hydrogens (primary N) is 1. The quantitative estimate of drug-likeness (QED) is 0.861. The molecule has 2 rings (SSSR count). The summed E-state index contributed by atoms with van der Waals surface area (Å²) in [6, 6.07) is 6.75. The summed E-state index contributed by atoms with van der Waals surface area (Å²) in [7, 11) is 0. The average molecular weight is 328 g/mol. The second-order valence-electron chi connectivity index (χ2n) is 5.35. The first-order valence-electron chi connectivity index (χ1n) is 7.06. The highest BCUT2D eigenvalue weighted by atomic mass is 35.5. The molecule has 2 amide bonds. The SMILES string of the molecule is CC(C)[C@H](N)C(=O)NCC(=O)N1CCOc2ccccc21.Cl. The average Bonchev–Trinajstić information content (AvgIpc) is 2.50. The predicted molar refractivity (Wildman–Crippen MR) is 87.4 cm³/mol. The van der Waals surface area contributed by atoms with E-state index in [0.29, 0.717) is 18.9 Å². The van der Waals surface area contributed by atoms with Gasteiger partial charge in [0.15, 0.2) is 0 Å². The molecule has 3 N–H and O–H groups in total. The number of para-hydroxylation sites is 2. The first-order chi connectivity index (χ1) is 10.0. The van der Waals surface area contributed by atoms with Crippen LogP contribution in [0.25, 0.3) is 0 Å². The van der Waals surface area contributed by atoms with E-state index in [4.69, 9.17) is 10.5 Å². The van der Waals surface area contributed by atoms with Crippen molar-refractivity contribution in [3.8, 4) is 5.75 Å². The molecule has 1 aliphatic heterocycles. The molecule has 122 valence electrons. The molecule has 1 aromatic carbocycles. The monoisotopic (exact) mass is 327 g/mol. The minimum absolute atomic E-state index is 0. The third kappa shape index (κ3) is 4.11. The van der Waals surface area contributed by atoms with Crippen molar-refractivity contribution in [2.45, 2.75) is 19.9 Å². The summed E-state index contributed by atoms with van der Waals surface area (Å²) in [6.45, 7) is 4.59. The molecule has 1 aromatic rings. The van der Waals surface area contributed by atoms with E-state index in [1.54, 1.807) is 4.90 Å². The number of nitrogens with one attached hydrogen (secondary N) is 1. The highest BCUT2D eigenvalue weighted by Crippen LogP contribution is 2.30. The van der Waals surface area contributed by atoms with Gasteiger partial charge in [0.25, 0.3) is 0 Å². The first kappa shape index (κ1) is 18.3. The van der Waals surface area contributed by atoms with Crippen LogP contribution in [-0.2, 0) is 9.59 Å². The van der Waals surface area contributed by atoms with Crippen molar-refractivity contribution in [3.63, 3.8) is 0 Å². The van der Waals surface area contributed by atoms with E-state index in [9.17, 15) is 9.59 Å². The van der Waals surface area contributed by atoms with E-state index in [-0.39, 0.29) is 36.7 Å². The zero-order valence-electron chi connectivity index (χ0n) is 12.7. The van der Waals surface area contributed by atoms with Gasteiger partial charge >= 0.3 is 0 Å². The molecule has 0 saturated carbocycles. The first-order valence-corrected chi connectivity index (χ1v) is 7.06. The standard InChI is InChI=1S/C15H21N3O3.ClH/c1-10(2)14(16)15(20)17-9-13(19)18-7-8-21-12-6-4-3-5-11(12)18;/h3-6,10,14H,7-9,16H2,1-2H3,(H,17,20);1H/t14-;/m0./s1. The number of hydrogen-bond donors (Lipinski definition) is 2. The lowest BCUT2D eigenvalue weighted by Gasteiger charge is -2.29. The van der Waals surface area contributed by atoms with Crippen molar-refractivity contribution < 1.29 is 14.3 Å². The van der Waals surface area contributed by atoms with Crippen LogP contribution < -0.4 is 20.7 Å². The normalized spacial score (nSPS) is 14.5. The molecule has 0 unspecified atom stereocenters. The van der Waals surface area contributed by atoms with Crippen LogP contribution in [0.1, 0.15) is 13.8 Å². The maximum Gasteiger partial charge on any atom is 0.246 e. The molecule has 1 heterocycles. The fourth-order valence-electron chi connectivity index (χ4n) is 2.11. The lowest BCUT2D eigenvalue weighted by molar-refractivity contribution is -0.126. The Kier molecular flexibility index (Phi) is 6.64. The molecule has 0 fully saturated rings. The van der Waals surface area contributed by atoms with Gasteiger partial charge in [0, 0.05) is 0 Å². The van der Waals surface area contributed by atoms with E-state index >= 15 is 0 Å². The van der Waals surface area contributed by atoms with Gasteiger partial charge in [-0.15, -0.1) is 12.4 Å². The maximum absolute atomic E-state index is 12.3. The summed E-state index contributed by atoms with van der Waals surface area (Å²) >= 11 is 0. The van der Waals surface area contributed by atoms with Gasteiger partial charge in [0.2, 0.25) is 11.8 Å². The predicted octanol–water partition coefficient (Wildman–Crippen LogP) is 0.933. The molecule has 1 aliphatic rings. The molecule has 0 radical (unpaired) electrons. The van der Waals surface area contributed by atoms with Crippen molar-refractivity contribution in [3.05, 3.63) is 24.3 Å². The maximum atomic E-state index is 12.3. The molecule has 0 spiro atoms. The number of carbonyl (C=O) groups excluding carboxylic acids is 2. The van der Waals surface area contributed by atoms with E-state index < -0.39 is 6.04 Å². The molecule has 7 heteroatoms. The molecular weight excluding hydrogens is 306 g/mol. The van der Waals surface area contributed by atoms with Crippen LogP contribution in [0.5, 0.6) is 5.75 Å². The molecule has 0 aliphatic carbocycles. The molecular formula is C15H22ClN3O3. The van der Waals surface area contributed by atoms with Crippen molar-refractivity contribution in [1.29, 1.82) is 0 Å². The van der Waals surface area contributed by atoms with Gasteiger partial charge in [-0.05, 0) is 18.1 Å². The molecule has 0 aromatic heterocycles. The molecule has 6 nitrogen and oxygen atoms in total. The molecule has 0 saturated heterocycles. The summed E-state index contributed by atoms with van der Waals surface area (Å²) in [5.74, 6) is 0.237. The fourth-order valence-corrected chi connectivity index (χ4v) is 2.11. The van der Waals surface area contributed by atoms with Crippen LogP contribution in [0, 0.1) is 5.92 Å². The van der Waals surface area contributed by atoms with E-state index in [2.05, 4.69) is 5.32 Å². The van der Waals surface area contributed by atoms with Gasteiger partial charge in [-0.25, -0.2) is 0 Å². The zero-order valence-corrected chi connectivity index (χ0v) is 13.6. The minimum Gasteiger partial charge on any atom is -0.490 e. The van der Waals surface area contributed by atoms with Crippen LogP contribution in [0.2, 0.25) is 0 Å². The topological polar surface area (TPSA) is 84.7 Å². The largest absolute Gasteiger partial charge is 0.490 e. The van der Waals surface area contributed by atoms with Crippen LogP contribution in [0.3, 0.4) is 0 Å². The highest BCUT2D eigenvalue weighted by Gasteiger charge is 2.24. The lowest BCUT2D eigenvalue weighted by atomic mass is 10.1. The number of hydrogen-bond acceptors (Lipinski definition) is 4. The Balaban J connectivity index is 0.00000242. The van der Waals surface area contributed by atoms with Crippen LogP contribution >= 0.6 is 12.4 Å². The Morgan fingerprint density at radius 3 is 2.73 bits per heavy atom. The number of nitrogens with zero attached hydrogens (tertiary/aromatic N) is 1. The summed E-state index contributed by atoms with van der Waals surface area (Å²) in [5.41, 5.74) is 6.48. The van der Waals surface area contributed by atoms with Gasteiger partial charge in [-0.3, -0.25) is 9.59 Å². The van der Waals surface area contributed by atoms with Crippen LogP contribution in [0.4, 0.5) is 5.69 Å². The summed E-state index contributed by atoms with van der Waals surface area (Å²) < 4.78 is 5.50. The molecule has 0 bridgehead atoms. The van der Waals surface area contributed by atoms with Gasteiger partial charge in [-0.2, -0.15) is 0 Å². The number of halogens is 1. The number of benzene rings is 1. The van der Waals surface area contributed by atoms with Crippen LogP contribution in [0.15, 0.2) is 24.3 Å². The van der Waals surface area contributed by atoms with Gasteiger partial charge in [0.1, 0.15) is 12.4 Å². The van der Waals surface area contributed by atoms with Crippen molar-refractivity contribution >= 4 is 29.9 Å². The molecule has 1 atom stereocenters. The molecule has 22 heavy (non-hydrogen) atoms. The summed E-state index contributed by atoms with van der Waals surface area (Å²) in [4.78, 5) is 25.7. The van der Waals surface area contributed by atoms with Crippen molar-refractivity contribution in [2.75, 3.05) is 24.6 Å². The van der Waals surface area contributed by atoms with Crippen molar-refractivity contribution in [2.24, 2.45) is 11.7 Å². The Labute approximate surface area is 136 Å². The Bertz CT molecular complexity index is 537. The van der Waals surface area contributed by atoms with Crippen LogP contribution in [-0.4, -0.2) is 37.6 Å². The smallest absolute Gasteiger partial charge is 0.246 e. The van der Waals surface area contributed by atoms with Gasteiger partial charge in [-0.1, -0.05) is 26.0 Å². The van der Waals surface area contributed by atoms with E-state index in [1.807, 2.05) is 38.1 Å². The zero-order chi connectivity index (χ0) is 15.4. The Morgan fingerprint density at radius 2 is 2.05 bits per heavy atom. The Morgan fingerprint density at radius 1 is 1.36 bits per heavy atom. The number of fused-ring (bicyclic) bond motifs is 1. The second-order valence-corrected chi connectivity index (χ2v) is 5.35. The van der Waals surface area contributed by atoms with E-state index in [1.165, 1.54) is 0 Å². The number of ether oxygens (including phenoxy) is 1. The minimum atomic E-state index is -0.602. The number of carbonyl (C=O) groups is 2. The fraction of sp³-hybridized carbons (Fsp3) is 0.467. The third-order valence-corrected chi connectivity index (χ3v) is 3.46. The lowest BCUT2D eigenvalue weighted by Crippen LogP contribution is -2.49. The second kappa shape index (κ2) is 8.00. The summed E-state index contributed by atoms with van der Waals surface area (Å²) in [6.07, 6.45) is 0. The number of amides is 2. The van der Waals surface area contributed by atoms with Crippen molar-refractivity contribution in [1.82, 2.24) is 5.32 Å². The summed E-state index contributed by atoms with van der Waals surface area (Å²) in [5, 5.41) is 2.60. The number of rotatable bonds is 4. The van der Waals surface area contributed by atoms with Gasteiger partial charge < -0.3 is 20.7 Å². The number of anilines is 1. The van der Waals surface area contributed by atoms with E-state index in [0.717, 1.165) is 5.69 Å².